The van der Waals surface area contributed by atoms with E-state index in [1.807, 2.05) is 30.3 Å². The Morgan fingerprint density at radius 2 is 1.91 bits per heavy atom. The average molecular weight is 334 g/mol. The van der Waals surface area contributed by atoms with Crippen molar-refractivity contribution in [3.8, 4) is 5.69 Å². The molecule has 6 nitrogen and oxygen atoms in total. The van der Waals surface area contributed by atoms with E-state index in [0.29, 0.717) is 15.6 Å². The molecule has 0 spiro atoms. The van der Waals surface area contributed by atoms with E-state index >= 15 is 0 Å². The van der Waals surface area contributed by atoms with Gasteiger partial charge in [0.15, 0.2) is 0 Å². The smallest absolute Gasteiger partial charge is 0.206 e. The van der Waals surface area contributed by atoms with E-state index in [1.165, 1.54) is 16.1 Å². The summed E-state index contributed by atoms with van der Waals surface area (Å²) in [7, 11) is -3.50. The molecule has 0 saturated heterocycles. The van der Waals surface area contributed by atoms with Gasteiger partial charge in [-0.2, -0.15) is 15.0 Å². The molecule has 1 N–H and O–H groups in total. The Balaban J connectivity index is 1.78. The second-order valence-electron chi connectivity index (χ2n) is 4.61. The fraction of sp³-hybridized carbons (Fsp3) is 0.143. The summed E-state index contributed by atoms with van der Waals surface area (Å²) in [4.78, 5) is 1.50. The van der Waals surface area contributed by atoms with Gasteiger partial charge in [0, 0.05) is 0 Å². The number of nitrogens with zero attached hydrogens (tertiary/aromatic N) is 3. The zero-order chi connectivity index (χ0) is 15.6. The van der Waals surface area contributed by atoms with E-state index < -0.39 is 10.0 Å². The van der Waals surface area contributed by atoms with Gasteiger partial charge in [-0.1, -0.05) is 24.3 Å². The van der Waals surface area contributed by atoms with Crippen LogP contribution in [0.3, 0.4) is 0 Å². The first-order valence-electron chi connectivity index (χ1n) is 6.58. The molecule has 0 aliphatic carbocycles. The van der Waals surface area contributed by atoms with Crippen LogP contribution in [-0.2, 0) is 16.6 Å². The third-order valence-corrected chi connectivity index (χ3v) is 5.85. The van der Waals surface area contributed by atoms with Gasteiger partial charge in [-0.25, -0.2) is 13.1 Å². The zero-order valence-electron chi connectivity index (χ0n) is 11.8. The topological polar surface area (TPSA) is 76.9 Å². The van der Waals surface area contributed by atoms with Crippen molar-refractivity contribution >= 4 is 21.4 Å². The Hall–Kier alpha value is -2.03. The van der Waals surface area contributed by atoms with Gasteiger partial charge in [0.2, 0.25) is 10.0 Å². The van der Waals surface area contributed by atoms with E-state index in [-0.39, 0.29) is 6.54 Å². The van der Waals surface area contributed by atoms with Crippen LogP contribution in [0.2, 0.25) is 0 Å². The van der Waals surface area contributed by atoms with E-state index in [4.69, 9.17) is 0 Å². The predicted octanol–water partition coefficient (Wildman–Crippen LogP) is 2.12. The highest BCUT2D eigenvalue weighted by Gasteiger charge is 2.17. The molecular formula is C14H14N4O2S2. The highest BCUT2D eigenvalue weighted by molar-refractivity contribution is 7.91. The fourth-order valence-electron chi connectivity index (χ4n) is 1.90. The molecule has 0 aliphatic rings. The fourth-order valence-corrected chi connectivity index (χ4v) is 3.93. The summed E-state index contributed by atoms with van der Waals surface area (Å²) in [6.45, 7) is 1.92. The SMILES string of the molecule is Cc1nn(-c2ccccc2)nc1CNS(=O)(=O)c1cccs1. The number of para-hydroxylation sites is 1. The number of benzene rings is 1. The summed E-state index contributed by atoms with van der Waals surface area (Å²) in [5.41, 5.74) is 2.12. The number of aryl methyl sites for hydroxylation is 1. The Labute approximate surface area is 132 Å². The second-order valence-corrected chi connectivity index (χ2v) is 7.56. The zero-order valence-corrected chi connectivity index (χ0v) is 13.4. The quantitative estimate of drug-likeness (QED) is 0.775. The van der Waals surface area contributed by atoms with Gasteiger partial charge < -0.3 is 0 Å². The number of sulfonamides is 1. The maximum Gasteiger partial charge on any atom is 0.250 e. The van der Waals surface area contributed by atoms with Crippen molar-refractivity contribution in [2.75, 3.05) is 0 Å². The van der Waals surface area contributed by atoms with Crippen molar-refractivity contribution in [2.24, 2.45) is 0 Å². The number of aromatic nitrogens is 3. The molecule has 2 aromatic heterocycles. The number of thiophene rings is 1. The molecule has 0 radical (unpaired) electrons. The van der Waals surface area contributed by atoms with E-state index in [2.05, 4.69) is 14.9 Å². The molecule has 3 rings (SSSR count). The number of hydrogen-bond donors (Lipinski definition) is 1. The molecule has 0 fully saturated rings. The van der Waals surface area contributed by atoms with Crippen molar-refractivity contribution < 1.29 is 8.42 Å². The van der Waals surface area contributed by atoms with Crippen LogP contribution in [0, 0.1) is 6.92 Å². The van der Waals surface area contributed by atoms with Crippen LogP contribution in [0.5, 0.6) is 0 Å². The summed E-state index contributed by atoms with van der Waals surface area (Å²) in [6, 6.07) is 12.8. The molecule has 0 unspecified atom stereocenters. The van der Waals surface area contributed by atoms with Gasteiger partial charge in [0.25, 0.3) is 0 Å². The third kappa shape index (κ3) is 3.08. The number of nitrogens with one attached hydrogen (secondary N) is 1. The highest BCUT2D eigenvalue weighted by Crippen LogP contribution is 2.16. The van der Waals surface area contributed by atoms with Crippen LogP contribution in [-0.4, -0.2) is 23.4 Å². The molecule has 0 atom stereocenters. The van der Waals surface area contributed by atoms with Gasteiger partial charge in [-0.15, -0.1) is 11.3 Å². The first kappa shape index (κ1) is 14.9. The Bertz CT molecular complexity index is 856. The summed E-state index contributed by atoms with van der Waals surface area (Å²) < 4.78 is 27.0. The van der Waals surface area contributed by atoms with Crippen molar-refractivity contribution in [1.82, 2.24) is 19.7 Å². The molecule has 1 aromatic carbocycles. The molecule has 0 amide bonds. The van der Waals surface area contributed by atoms with E-state index in [9.17, 15) is 8.42 Å². The maximum absolute atomic E-state index is 12.1. The van der Waals surface area contributed by atoms with Crippen molar-refractivity contribution in [1.29, 1.82) is 0 Å². The number of rotatable bonds is 5. The van der Waals surface area contributed by atoms with Gasteiger partial charge in [-0.3, -0.25) is 0 Å². The minimum absolute atomic E-state index is 0.110. The lowest BCUT2D eigenvalue weighted by Gasteiger charge is -2.02. The van der Waals surface area contributed by atoms with Crippen LogP contribution in [0.4, 0.5) is 0 Å². The van der Waals surface area contributed by atoms with Crippen LogP contribution in [0.1, 0.15) is 11.4 Å². The molecule has 114 valence electrons. The monoisotopic (exact) mass is 334 g/mol. The van der Waals surface area contributed by atoms with Crippen LogP contribution in [0.25, 0.3) is 5.69 Å². The third-order valence-electron chi connectivity index (χ3n) is 3.05. The summed E-state index contributed by atoms with van der Waals surface area (Å²) in [6.07, 6.45) is 0. The van der Waals surface area contributed by atoms with Gasteiger partial charge in [0.05, 0.1) is 17.9 Å². The van der Waals surface area contributed by atoms with Gasteiger partial charge in [-0.05, 0) is 30.5 Å². The molecule has 8 heteroatoms. The lowest BCUT2D eigenvalue weighted by molar-refractivity contribution is 0.582. The molecule has 2 heterocycles. The molecular weight excluding hydrogens is 320 g/mol. The summed E-state index contributed by atoms with van der Waals surface area (Å²) in [5.74, 6) is 0. The second kappa shape index (κ2) is 5.99. The summed E-state index contributed by atoms with van der Waals surface area (Å²) in [5, 5.41) is 10.4. The Morgan fingerprint density at radius 1 is 1.14 bits per heavy atom. The van der Waals surface area contributed by atoms with Crippen LogP contribution < -0.4 is 4.72 Å². The standard InChI is InChI=1S/C14H14N4O2S2/c1-11-13(10-15-22(19,20)14-8-5-9-21-14)17-18(16-11)12-6-3-2-4-7-12/h2-9,15H,10H2,1H3. The van der Waals surface area contributed by atoms with Crippen molar-refractivity contribution in [3.63, 3.8) is 0 Å². The molecule has 0 saturated carbocycles. The maximum atomic E-state index is 12.1. The number of hydrogen-bond acceptors (Lipinski definition) is 5. The van der Waals surface area contributed by atoms with Gasteiger partial charge >= 0.3 is 0 Å². The minimum atomic E-state index is -3.50. The Morgan fingerprint density at radius 3 is 2.59 bits per heavy atom. The predicted molar refractivity (Wildman–Crippen MR) is 84.4 cm³/mol. The normalized spacial score (nSPS) is 11.7. The van der Waals surface area contributed by atoms with E-state index in [0.717, 1.165) is 5.69 Å². The largest absolute Gasteiger partial charge is 0.250 e. The Kier molecular flexibility index (Phi) is 4.06. The minimum Gasteiger partial charge on any atom is -0.206 e. The molecule has 3 aromatic rings. The van der Waals surface area contributed by atoms with E-state index in [1.54, 1.807) is 24.4 Å². The average Bonchev–Trinajstić information content (AvgIpc) is 3.16. The molecule has 0 aliphatic heterocycles. The van der Waals surface area contributed by atoms with Crippen LogP contribution >= 0.6 is 11.3 Å². The lowest BCUT2D eigenvalue weighted by atomic mass is 10.3. The first-order valence-corrected chi connectivity index (χ1v) is 8.94. The lowest BCUT2D eigenvalue weighted by Crippen LogP contribution is -2.23. The van der Waals surface area contributed by atoms with Gasteiger partial charge in [0.1, 0.15) is 9.90 Å². The van der Waals surface area contributed by atoms with Crippen LogP contribution in [0.15, 0.2) is 52.1 Å². The first-order chi connectivity index (χ1) is 10.6. The highest BCUT2D eigenvalue weighted by atomic mass is 32.2. The molecule has 0 bridgehead atoms. The summed E-state index contributed by atoms with van der Waals surface area (Å²) >= 11 is 1.18. The van der Waals surface area contributed by atoms with Crippen molar-refractivity contribution in [2.45, 2.75) is 17.7 Å². The van der Waals surface area contributed by atoms with Crippen molar-refractivity contribution in [3.05, 3.63) is 59.2 Å². The molecule has 22 heavy (non-hydrogen) atoms.